The lowest BCUT2D eigenvalue weighted by atomic mass is 10.1. The zero-order valence-corrected chi connectivity index (χ0v) is 13.7. The molecule has 0 saturated heterocycles. The molecule has 0 saturated carbocycles. The van der Waals surface area contributed by atoms with Gasteiger partial charge in [-0.05, 0) is 31.5 Å². The minimum absolute atomic E-state index is 0.822. The van der Waals surface area contributed by atoms with E-state index in [1.54, 1.807) is 14.2 Å². The molecule has 3 nitrogen and oxygen atoms in total. The van der Waals surface area contributed by atoms with Gasteiger partial charge in [0.15, 0.2) is 0 Å². The summed E-state index contributed by atoms with van der Waals surface area (Å²) in [5.74, 6) is 8.16. The van der Waals surface area contributed by atoms with Crippen LogP contribution in [0.1, 0.15) is 31.7 Å². The van der Waals surface area contributed by atoms with Gasteiger partial charge in [-0.1, -0.05) is 25.3 Å². The molecular weight excluding hydrogens is 262 g/mol. The number of rotatable bonds is 8. The molecule has 0 aromatic heterocycles. The average molecular weight is 289 g/mol. The van der Waals surface area contributed by atoms with E-state index >= 15 is 0 Å². The van der Waals surface area contributed by atoms with Crippen molar-refractivity contribution < 1.29 is 9.47 Å². The van der Waals surface area contributed by atoms with Crippen LogP contribution in [-0.2, 0) is 6.42 Å². The molecule has 0 unspecified atom stereocenters. The number of hydrogen-bond acceptors (Lipinski definition) is 3. The van der Waals surface area contributed by atoms with Crippen LogP contribution in [0, 0.1) is 11.8 Å². The van der Waals surface area contributed by atoms with Gasteiger partial charge < -0.3 is 9.47 Å². The van der Waals surface area contributed by atoms with Crippen LogP contribution < -0.4 is 9.47 Å². The Morgan fingerprint density at radius 2 is 1.95 bits per heavy atom. The summed E-state index contributed by atoms with van der Waals surface area (Å²) in [6.45, 7) is 3.98. The van der Waals surface area contributed by atoms with Gasteiger partial charge >= 0.3 is 0 Å². The van der Waals surface area contributed by atoms with E-state index in [0.29, 0.717) is 0 Å². The van der Waals surface area contributed by atoms with Crippen LogP contribution in [0.5, 0.6) is 11.5 Å². The molecule has 0 N–H and O–H groups in total. The number of hydrogen-bond donors (Lipinski definition) is 0. The molecule has 0 fully saturated rings. The Balaban J connectivity index is 2.44. The van der Waals surface area contributed by atoms with Crippen molar-refractivity contribution in [2.24, 2.45) is 0 Å². The predicted octanol–water partition coefficient (Wildman–Crippen LogP) is 3.37. The third-order valence-corrected chi connectivity index (χ3v) is 3.39. The Hall–Kier alpha value is -1.66. The molecule has 0 aliphatic carbocycles. The first-order chi connectivity index (χ1) is 10.2. The fourth-order valence-corrected chi connectivity index (χ4v) is 1.99. The second kappa shape index (κ2) is 10.1. The quantitative estimate of drug-likeness (QED) is 0.541. The van der Waals surface area contributed by atoms with Crippen molar-refractivity contribution >= 4 is 0 Å². The van der Waals surface area contributed by atoms with Crippen molar-refractivity contribution in [3.05, 3.63) is 23.8 Å². The summed E-state index contributed by atoms with van der Waals surface area (Å²) >= 11 is 0. The SMILES string of the molecule is CCCCC#CCN(C)CCc1ccc(OC)cc1OC. The highest BCUT2D eigenvalue weighted by atomic mass is 16.5. The fraction of sp³-hybridized carbons (Fsp3) is 0.556. The number of methoxy groups -OCH3 is 2. The van der Waals surface area contributed by atoms with E-state index in [1.807, 2.05) is 12.1 Å². The topological polar surface area (TPSA) is 21.7 Å². The Morgan fingerprint density at radius 1 is 1.14 bits per heavy atom. The zero-order valence-electron chi connectivity index (χ0n) is 13.7. The van der Waals surface area contributed by atoms with Crippen molar-refractivity contribution in [1.82, 2.24) is 4.90 Å². The number of likely N-dealkylation sites (N-methyl/N-ethyl adjacent to an activating group) is 1. The molecule has 0 radical (unpaired) electrons. The smallest absolute Gasteiger partial charge is 0.125 e. The maximum Gasteiger partial charge on any atom is 0.125 e. The van der Waals surface area contributed by atoms with Crippen LogP contribution in [0.3, 0.4) is 0 Å². The Labute approximate surface area is 129 Å². The molecular formula is C18H27NO2. The van der Waals surface area contributed by atoms with Crippen molar-refractivity contribution in [2.45, 2.75) is 32.6 Å². The summed E-state index contributed by atoms with van der Waals surface area (Å²) in [6.07, 6.45) is 4.36. The molecule has 116 valence electrons. The lowest BCUT2D eigenvalue weighted by molar-refractivity contribution is 0.368. The van der Waals surface area contributed by atoms with E-state index in [-0.39, 0.29) is 0 Å². The lowest BCUT2D eigenvalue weighted by Gasteiger charge is -2.15. The first-order valence-electron chi connectivity index (χ1n) is 7.56. The number of unbranched alkanes of at least 4 members (excludes halogenated alkanes) is 2. The molecule has 1 rings (SSSR count). The maximum atomic E-state index is 5.42. The van der Waals surface area contributed by atoms with Gasteiger partial charge in [-0.15, -0.1) is 5.92 Å². The number of nitrogens with zero attached hydrogens (tertiary/aromatic N) is 1. The van der Waals surface area contributed by atoms with E-state index in [9.17, 15) is 0 Å². The first kappa shape index (κ1) is 17.4. The number of benzene rings is 1. The summed E-state index contributed by atoms with van der Waals surface area (Å²) < 4.78 is 10.6. The van der Waals surface area contributed by atoms with Crippen molar-refractivity contribution in [1.29, 1.82) is 0 Å². The van der Waals surface area contributed by atoms with Gasteiger partial charge in [0.05, 0.1) is 20.8 Å². The normalized spacial score (nSPS) is 10.1. The minimum atomic E-state index is 0.822. The Morgan fingerprint density at radius 3 is 2.62 bits per heavy atom. The van der Waals surface area contributed by atoms with E-state index in [0.717, 1.165) is 37.4 Å². The van der Waals surface area contributed by atoms with Crippen LogP contribution in [0.15, 0.2) is 18.2 Å². The summed E-state index contributed by atoms with van der Waals surface area (Å²) in [5, 5.41) is 0. The van der Waals surface area contributed by atoms with Crippen LogP contribution in [0.4, 0.5) is 0 Å². The molecule has 0 amide bonds. The van der Waals surface area contributed by atoms with Gasteiger partial charge in [0.2, 0.25) is 0 Å². The van der Waals surface area contributed by atoms with Gasteiger partial charge in [0, 0.05) is 19.0 Å². The molecule has 0 spiro atoms. The van der Waals surface area contributed by atoms with E-state index < -0.39 is 0 Å². The lowest BCUT2D eigenvalue weighted by Crippen LogP contribution is -2.21. The molecule has 3 heteroatoms. The zero-order chi connectivity index (χ0) is 15.5. The molecule has 1 aromatic carbocycles. The highest BCUT2D eigenvalue weighted by Gasteiger charge is 2.06. The standard InChI is InChI=1S/C18H27NO2/c1-5-6-7-8-9-13-19(2)14-12-16-10-11-17(20-3)15-18(16)21-4/h10-11,15H,5-7,12-14H2,1-4H3. The Kier molecular flexibility index (Phi) is 8.38. The molecule has 0 bridgehead atoms. The van der Waals surface area contributed by atoms with E-state index in [2.05, 4.69) is 36.8 Å². The minimum Gasteiger partial charge on any atom is -0.497 e. The molecule has 21 heavy (non-hydrogen) atoms. The molecule has 0 aliphatic heterocycles. The van der Waals surface area contributed by atoms with Crippen LogP contribution >= 0.6 is 0 Å². The second-order valence-corrected chi connectivity index (χ2v) is 5.12. The average Bonchev–Trinajstić information content (AvgIpc) is 2.52. The first-order valence-corrected chi connectivity index (χ1v) is 7.56. The van der Waals surface area contributed by atoms with Crippen molar-refractivity contribution in [2.75, 3.05) is 34.4 Å². The predicted molar refractivity (Wildman–Crippen MR) is 88.0 cm³/mol. The molecule has 0 heterocycles. The van der Waals surface area contributed by atoms with Gasteiger partial charge in [0.25, 0.3) is 0 Å². The van der Waals surface area contributed by atoms with Gasteiger partial charge in [-0.3, -0.25) is 4.90 Å². The van der Waals surface area contributed by atoms with E-state index in [1.165, 1.54) is 18.4 Å². The van der Waals surface area contributed by atoms with E-state index in [4.69, 9.17) is 9.47 Å². The van der Waals surface area contributed by atoms with Crippen molar-refractivity contribution in [3.8, 4) is 23.3 Å². The third kappa shape index (κ3) is 6.55. The molecule has 1 aromatic rings. The van der Waals surface area contributed by atoms with Crippen LogP contribution in [-0.4, -0.2) is 39.3 Å². The second-order valence-electron chi connectivity index (χ2n) is 5.12. The fourth-order valence-electron chi connectivity index (χ4n) is 1.99. The van der Waals surface area contributed by atoms with Gasteiger partial charge in [-0.25, -0.2) is 0 Å². The summed E-state index contributed by atoms with van der Waals surface area (Å²) in [7, 11) is 5.46. The largest absolute Gasteiger partial charge is 0.497 e. The summed E-state index contributed by atoms with van der Waals surface area (Å²) in [5.41, 5.74) is 1.20. The summed E-state index contributed by atoms with van der Waals surface area (Å²) in [4.78, 5) is 2.24. The highest BCUT2D eigenvalue weighted by molar-refractivity contribution is 5.40. The maximum absolute atomic E-state index is 5.42. The van der Waals surface area contributed by atoms with Crippen LogP contribution in [0.25, 0.3) is 0 Å². The Bertz CT molecular complexity index is 474. The van der Waals surface area contributed by atoms with Gasteiger partial charge in [0.1, 0.15) is 11.5 Å². The van der Waals surface area contributed by atoms with Gasteiger partial charge in [-0.2, -0.15) is 0 Å². The monoisotopic (exact) mass is 289 g/mol. The molecule has 0 aliphatic rings. The summed E-state index contributed by atoms with van der Waals surface area (Å²) in [6, 6.07) is 5.97. The number of ether oxygens (including phenoxy) is 2. The molecule has 0 atom stereocenters. The van der Waals surface area contributed by atoms with Crippen LogP contribution in [0.2, 0.25) is 0 Å². The van der Waals surface area contributed by atoms with Crippen molar-refractivity contribution in [3.63, 3.8) is 0 Å². The third-order valence-electron chi connectivity index (χ3n) is 3.39. The highest BCUT2D eigenvalue weighted by Crippen LogP contribution is 2.24.